The fraction of sp³-hybridized carbons (Fsp3) is 0.545. The van der Waals surface area contributed by atoms with E-state index in [-0.39, 0.29) is 17.6 Å². The number of fused-ring (bicyclic) bond motifs is 1. The second kappa shape index (κ2) is 3.75. The summed E-state index contributed by atoms with van der Waals surface area (Å²) in [5.74, 6) is 0.109. The maximum atomic E-state index is 12.1. The first kappa shape index (κ1) is 11.6. The summed E-state index contributed by atoms with van der Waals surface area (Å²) in [6.45, 7) is 0. The van der Waals surface area contributed by atoms with E-state index in [2.05, 4.69) is 37.0 Å². The molecule has 0 bridgehead atoms. The highest BCUT2D eigenvalue weighted by atomic mass is 79.9. The summed E-state index contributed by atoms with van der Waals surface area (Å²) in [5.41, 5.74) is 1.32. The molecule has 6 heteroatoms. The minimum absolute atomic E-state index is 0.0377. The third kappa shape index (κ3) is 1.81. The van der Waals surface area contributed by atoms with Crippen molar-refractivity contribution >= 4 is 43.6 Å². The molecule has 0 spiro atoms. The molecule has 0 radical (unpaired) electrons. The van der Waals surface area contributed by atoms with E-state index >= 15 is 0 Å². The summed E-state index contributed by atoms with van der Waals surface area (Å²) in [4.78, 5) is 24.1. The van der Waals surface area contributed by atoms with Crippen molar-refractivity contribution in [1.82, 2.24) is 9.78 Å². The molecule has 4 nitrogen and oxygen atoms in total. The Kier molecular flexibility index (Phi) is 2.56. The van der Waals surface area contributed by atoms with Gasteiger partial charge in [-0.3, -0.25) is 9.59 Å². The highest BCUT2D eigenvalue weighted by Gasteiger charge is 2.42. The van der Waals surface area contributed by atoms with Crippen molar-refractivity contribution in [2.45, 2.75) is 28.9 Å². The molecule has 0 unspecified atom stereocenters. The summed E-state index contributed by atoms with van der Waals surface area (Å²) < 4.78 is 0.740. The second-order valence-corrected chi connectivity index (χ2v) is 8.33. The standard InChI is InChI=1S/C11H10Br2N2O2/c12-11(13)4-3-8-7(9(11)16)5-14-15(8)10(17)6-1-2-6/h5-6H,1-4H2. The average molecular weight is 362 g/mol. The summed E-state index contributed by atoms with van der Waals surface area (Å²) in [6, 6.07) is 0. The van der Waals surface area contributed by atoms with E-state index < -0.39 is 3.23 Å². The molecule has 1 aromatic rings. The largest absolute Gasteiger partial charge is 0.291 e. The van der Waals surface area contributed by atoms with Crippen LogP contribution < -0.4 is 0 Å². The van der Waals surface area contributed by atoms with Crippen LogP contribution in [0, 0.1) is 5.92 Å². The molecular formula is C11H10Br2N2O2. The van der Waals surface area contributed by atoms with Gasteiger partial charge in [0.15, 0.2) is 5.78 Å². The Morgan fingerprint density at radius 2 is 2.18 bits per heavy atom. The molecule has 17 heavy (non-hydrogen) atoms. The molecular weight excluding hydrogens is 352 g/mol. The number of Topliss-reactive ketones (excluding diaryl/α,β-unsaturated/α-hetero) is 1. The van der Waals surface area contributed by atoms with Crippen LogP contribution in [0.2, 0.25) is 0 Å². The molecule has 1 fully saturated rings. The minimum Gasteiger partial charge on any atom is -0.291 e. The van der Waals surface area contributed by atoms with E-state index in [1.165, 1.54) is 10.9 Å². The van der Waals surface area contributed by atoms with Crippen LogP contribution in [0.5, 0.6) is 0 Å². The van der Waals surface area contributed by atoms with Gasteiger partial charge in [0.25, 0.3) is 0 Å². The van der Waals surface area contributed by atoms with E-state index in [1.54, 1.807) is 0 Å². The lowest BCUT2D eigenvalue weighted by atomic mass is 9.96. The van der Waals surface area contributed by atoms with Gasteiger partial charge in [-0.25, -0.2) is 4.68 Å². The lowest BCUT2D eigenvalue weighted by molar-refractivity contribution is 0.0865. The molecule has 3 rings (SSSR count). The van der Waals surface area contributed by atoms with Gasteiger partial charge in [-0.15, -0.1) is 0 Å². The van der Waals surface area contributed by atoms with Crippen LogP contribution in [-0.2, 0) is 6.42 Å². The van der Waals surface area contributed by atoms with Gasteiger partial charge in [0.05, 0.1) is 17.5 Å². The monoisotopic (exact) mass is 360 g/mol. The van der Waals surface area contributed by atoms with Crippen LogP contribution in [0.15, 0.2) is 6.20 Å². The Balaban J connectivity index is 2.01. The fourth-order valence-corrected chi connectivity index (χ4v) is 2.91. The Labute approximate surface area is 115 Å². The lowest BCUT2D eigenvalue weighted by Gasteiger charge is -2.24. The maximum absolute atomic E-state index is 12.1. The van der Waals surface area contributed by atoms with Gasteiger partial charge >= 0.3 is 0 Å². The SMILES string of the molecule is O=C(C1CC1)n1ncc2c1CCC(Br)(Br)C2=O. The molecule has 0 N–H and O–H groups in total. The molecule has 0 atom stereocenters. The zero-order valence-corrected chi connectivity index (χ0v) is 12.1. The van der Waals surface area contributed by atoms with Crippen molar-refractivity contribution < 1.29 is 9.59 Å². The Hall–Kier alpha value is -0.490. The van der Waals surface area contributed by atoms with Gasteiger partial charge in [-0.05, 0) is 25.7 Å². The minimum atomic E-state index is -0.691. The Morgan fingerprint density at radius 1 is 1.47 bits per heavy atom. The van der Waals surface area contributed by atoms with Crippen molar-refractivity contribution in [3.8, 4) is 0 Å². The number of carbonyl (C=O) groups excluding carboxylic acids is 2. The van der Waals surface area contributed by atoms with Crippen LogP contribution in [0.3, 0.4) is 0 Å². The molecule has 90 valence electrons. The normalized spacial score (nSPS) is 22.4. The van der Waals surface area contributed by atoms with Crippen LogP contribution in [0.4, 0.5) is 0 Å². The van der Waals surface area contributed by atoms with Crippen molar-refractivity contribution in [2.75, 3.05) is 0 Å². The Bertz CT molecular complexity index is 504. The quantitative estimate of drug-likeness (QED) is 0.722. The van der Waals surface area contributed by atoms with E-state index in [0.717, 1.165) is 18.5 Å². The first-order chi connectivity index (χ1) is 8.00. The maximum Gasteiger partial charge on any atom is 0.250 e. The lowest BCUT2D eigenvalue weighted by Crippen LogP contribution is -2.32. The zero-order chi connectivity index (χ0) is 12.2. The van der Waals surface area contributed by atoms with E-state index in [9.17, 15) is 9.59 Å². The molecule has 0 aromatic carbocycles. The average Bonchev–Trinajstić information content (AvgIpc) is 3.03. The molecule has 0 saturated heterocycles. The van der Waals surface area contributed by atoms with Gasteiger partial charge in [0.2, 0.25) is 5.91 Å². The number of alkyl halides is 2. The summed E-state index contributed by atoms with van der Waals surface area (Å²) in [6.07, 6.45) is 4.71. The number of nitrogens with zero attached hydrogens (tertiary/aromatic N) is 2. The predicted octanol–water partition coefficient (Wildman–Crippen LogP) is 2.55. The number of hydrogen-bond acceptors (Lipinski definition) is 3. The zero-order valence-electron chi connectivity index (χ0n) is 8.95. The number of hydrogen-bond donors (Lipinski definition) is 0. The summed E-state index contributed by atoms with van der Waals surface area (Å²) in [7, 11) is 0. The highest BCUT2D eigenvalue weighted by molar-refractivity contribution is 9.26. The third-order valence-corrected chi connectivity index (χ3v) is 4.77. The van der Waals surface area contributed by atoms with Gasteiger partial charge in [0.1, 0.15) is 3.23 Å². The van der Waals surface area contributed by atoms with Crippen LogP contribution in [0.1, 0.15) is 40.1 Å². The van der Waals surface area contributed by atoms with Crippen LogP contribution in [-0.4, -0.2) is 24.7 Å². The number of carbonyl (C=O) groups is 2. The van der Waals surface area contributed by atoms with Crippen molar-refractivity contribution in [3.63, 3.8) is 0 Å². The molecule has 0 amide bonds. The van der Waals surface area contributed by atoms with Crippen molar-refractivity contribution in [1.29, 1.82) is 0 Å². The molecule has 0 aliphatic heterocycles. The predicted molar refractivity (Wildman–Crippen MR) is 68.8 cm³/mol. The van der Waals surface area contributed by atoms with Crippen molar-refractivity contribution in [2.24, 2.45) is 5.92 Å². The summed E-state index contributed by atoms with van der Waals surface area (Å²) >= 11 is 6.72. The van der Waals surface area contributed by atoms with Gasteiger partial charge < -0.3 is 0 Å². The number of ketones is 1. The summed E-state index contributed by atoms with van der Waals surface area (Å²) in [5, 5.41) is 4.08. The molecule has 1 heterocycles. The number of rotatable bonds is 1. The number of halogens is 2. The van der Waals surface area contributed by atoms with E-state index in [4.69, 9.17) is 0 Å². The van der Waals surface area contributed by atoms with E-state index in [1.807, 2.05) is 0 Å². The first-order valence-electron chi connectivity index (χ1n) is 5.54. The van der Waals surface area contributed by atoms with Gasteiger partial charge in [0, 0.05) is 5.92 Å². The Morgan fingerprint density at radius 3 is 2.82 bits per heavy atom. The van der Waals surface area contributed by atoms with Gasteiger partial charge in [-0.1, -0.05) is 31.9 Å². The molecule has 1 aromatic heterocycles. The topological polar surface area (TPSA) is 52.0 Å². The van der Waals surface area contributed by atoms with Crippen LogP contribution in [0.25, 0.3) is 0 Å². The first-order valence-corrected chi connectivity index (χ1v) is 7.13. The third-order valence-electron chi connectivity index (χ3n) is 3.26. The number of aromatic nitrogens is 2. The van der Waals surface area contributed by atoms with E-state index in [0.29, 0.717) is 18.4 Å². The molecule has 1 saturated carbocycles. The van der Waals surface area contributed by atoms with Crippen molar-refractivity contribution in [3.05, 3.63) is 17.5 Å². The molecule has 2 aliphatic carbocycles. The smallest absolute Gasteiger partial charge is 0.250 e. The van der Waals surface area contributed by atoms with Gasteiger partial charge in [-0.2, -0.15) is 5.10 Å². The fourth-order valence-electron chi connectivity index (χ4n) is 2.08. The highest BCUT2D eigenvalue weighted by Crippen LogP contribution is 2.40. The van der Waals surface area contributed by atoms with Crippen LogP contribution >= 0.6 is 31.9 Å². The molecule has 2 aliphatic rings. The second-order valence-electron chi connectivity index (χ2n) is 4.56.